The third kappa shape index (κ3) is 1.86. The minimum atomic E-state index is -0.247. The Bertz CT molecular complexity index is 486. The first-order valence-electron chi connectivity index (χ1n) is 6.37. The largest absolute Gasteiger partial charge is 0.489 e. The number of carbonyl (C=O) groups excluding carboxylic acids is 1. The van der Waals surface area contributed by atoms with Crippen LogP contribution >= 0.6 is 0 Å². The van der Waals surface area contributed by atoms with Crippen molar-refractivity contribution in [2.75, 3.05) is 0 Å². The highest BCUT2D eigenvalue weighted by Crippen LogP contribution is 2.30. The number of hydrogen-bond donors (Lipinski definition) is 1. The van der Waals surface area contributed by atoms with Gasteiger partial charge in [-0.3, -0.25) is 0 Å². The van der Waals surface area contributed by atoms with Gasteiger partial charge in [-0.05, 0) is 37.0 Å². The van der Waals surface area contributed by atoms with E-state index in [-0.39, 0.29) is 18.1 Å². The number of hydrogen-bond acceptors (Lipinski definition) is 4. The predicted molar refractivity (Wildman–Crippen MR) is 66.4 cm³/mol. The van der Waals surface area contributed by atoms with Crippen molar-refractivity contribution in [1.82, 2.24) is 0 Å². The van der Waals surface area contributed by atoms with E-state index in [1.54, 1.807) is 6.07 Å². The van der Waals surface area contributed by atoms with E-state index in [9.17, 15) is 4.79 Å². The smallest absolute Gasteiger partial charge is 0.338 e. The zero-order chi connectivity index (χ0) is 12.7. The molecule has 1 aromatic carbocycles. The topological polar surface area (TPSA) is 61.5 Å². The molecule has 0 bridgehead atoms. The highest BCUT2D eigenvalue weighted by atomic mass is 16.5. The van der Waals surface area contributed by atoms with Gasteiger partial charge >= 0.3 is 5.97 Å². The maximum absolute atomic E-state index is 11.3. The Kier molecular flexibility index (Phi) is 2.74. The summed E-state index contributed by atoms with van der Waals surface area (Å²) in [5.41, 5.74) is 7.65. The van der Waals surface area contributed by atoms with Gasteiger partial charge in [0.25, 0.3) is 0 Å². The fraction of sp³-hybridized carbons (Fsp3) is 0.500. The zero-order valence-electron chi connectivity index (χ0n) is 10.4. The second kappa shape index (κ2) is 4.28. The Balaban J connectivity index is 1.76. The molecule has 1 saturated carbocycles. The summed E-state index contributed by atoms with van der Waals surface area (Å²) < 4.78 is 10.9. The maximum atomic E-state index is 11.3. The van der Waals surface area contributed by atoms with Crippen LogP contribution in [0.2, 0.25) is 0 Å². The van der Waals surface area contributed by atoms with Gasteiger partial charge in [-0.1, -0.05) is 6.92 Å². The Morgan fingerprint density at radius 2 is 2.22 bits per heavy atom. The van der Waals surface area contributed by atoms with Gasteiger partial charge in [0.05, 0.1) is 5.56 Å². The summed E-state index contributed by atoms with van der Waals surface area (Å²) in [6.07, 6.45) is 2.18. The maximum Gasteiger partial charge on any atom is 0.338 e. The average Bonchev–Trinajstić information content (AvgIpc) is 2.88. The molecular formula is C14H17NO3. The van der Waals surface area contributed by atoms with Crippen LogP contribution in [0, 0.1) is 5.92 Å². The normalized spacial score (nSPS) is 30.1. The van der Waals surface area contributed by atoms with E-state index >= 15 is 0 Å². The lowest BCUT2D eigenvalue weighted by Crippen LogP contribution is -2.37. The fourth-order valence-corrected chi connectivity index (χ4v) is 2.67. The molecule has 4 heteroatoms. The van der Waals surface area contributed by atoms with E-state index in [1.807, 2.05) is 12.1 Å². The molecule has 0 saturated heterocycles. The minimum Gasteiger partial charge on any atom is -0.489 e. The summed E-state index contributed by atoms with van der Waals surface area (Å²) in [6, 6.07) is 5.57. The van der Waals surface area contributed by atoms with Crippen LogP contribution in [-0.4, -0.2) is 18.1 Å². The first kappa shape index (κ1) is 11.5. The molecule has 1 unspecified atom stereocenters. The van der Waals surface area contributed by atoms with Crippen molar-refractivity contribution in [3.05, 3.63) is 29.3 Å². The van der Waals surface area contributed by atoms with E-state index in [2.05, 4.69) is 6.92 Å². The molecular weight excluding hydrogens is 230 g/mol. The van der Waals surface area contributed by atoms with Crippen molar-refractivity contribution in [1.29, 1.82) is 0 Å². The van der Waals surface area contributed by atoms with Crippen LogP contribution in [-0.2, 0) is 11.3 Å². The highest BCUT2D eigenvalue weighted by molar-refractivity contribution is 5.93. The van der Waals surface area contributed by atoms with Gasteiger partial charge < -0.3 is 15.2 Å². The van der Waals surface area contributed by atoms with Crippen molar-refractivity contribution in [3.8, 4) is 5.75 Å². The fourth-order valence-electron chi connectivity index (χ4n) is 2.67. The summed E-state index contributed by atoms with van der Waals surface area (Å²) in [5, 5.41) is 0. The highest BCUT2D eigenvalue weighted by Gasteiger charge is 2.32. The molecule has 2 aliphatic rings. The molecule has 0 radical (unpaired) electrons. The van der Waals surface area contributed by atoms with Crippen LogP contribution in [0.3, 0.4) is 0 Å². The molecule has 96 valence electrons. The molecule has 0 spiro atoms. The summed E-state index contributed by atoms with van der Waals surface area (Å²) >= 11 is 0. The number of benzene rings is 1. The quantitative estimate of drug-likeness (QED) is 0.810. The van der Waals surface area contributed by atoms with Crippen molar-refractivity contribution < 1.29 is 14.3 Å². The molecule has 1 aromatic rings. The Hall–Kier alpha value is -1.55. The second-order valence-corrected chi connectivity index (χ2v) is 5.18. The van der Waals surface area contributed by atoms with Crippen molar-refractivity contribution >= 4 is 5.97 Å². The van der Waals surface area contributed by atoms with Gasteiger partial charge in [-0.15, -0.1) is 0 Å². The molecule has 1 fully saturated rings. The number of carbonyl (C=O) groups is 1. The van der Waals surface area contributed by atoms with Crippen LogP contribution < -0.4 is 10.5 Å². The molecule has 1 aliphatic heterocycles. The summed E-state index contributed by atoms with van der Waals surface area (Å²) in [4.78, 5) is 11.3. The molecule has 4 nitrogen and oxygen atoms in total. The summed E-state index contributed by atoms with van der Waals surface area (Å²) in [6.45, 7) is 2.50. The van der Waals surface area contributed by atoms with E-state index in [4.69, 9.17) is 15.2 Å². The number of fused-ring (bicyclic) bond motifs is 1. The van der Waals surface area contributed by atoms with Gasteiger partial charge in [-0.25, -0.2) is 4.79 Å². The standard InChI is InChI=1S/C14H17NO3/c1-8-2-5-12(13(8)15)18-10-3-4-11-9(6-10)7-17-14(11)16/h3-4,6,8,12-13H,2,5,7,15H2,1H3/t8?,12-,13+/m0/s1. The monoisotopic (exact) mass is 247 g/mol. The third-order valence-electron chi connectivity index (χ3n) is 3.94. The van der Waals surface area contributed by atoms with Gasteiger partial charge in [0.15, 0.2) is 0 Å². The van der Waals surface area contributed by atoms with Crippen LogP contribution in [0.15, 0.2) is 18.2 Å². The van der Waals surface area contributed by atoms with Gasteiger partial charge in [0.2, 0.25) is 0 Å². The van der Waals surface area contributed by atoms with E-state index in [0.29, 0.717) is 18.1 Å². The summed E-state index contributed by atoms with van der Waals surface area (Å²) in [7, 11) is 0. The van der Waals surface area contributed by atoms with Gasteiger partial charge in [0.1, 0.15) is 18.5 Å². The lowest BCUT2D eigenvalue weighted by atomic mass is 10.1. The number of rotatable bonds is 2. The molecule has 3 rings (SSSR count). The second-order valence-electron chi connectivity index (χ2n) is 5.18. The lowest BCUT2D eigenvalue weighted by Gasteiger charge is -2.20. The third-order valence-corrected chi connectivity index (χ3v) is 3.94. The van der Waals surface area contributed by atoms with Gasteiger partial charge in [0, 0.05) is 11.6 Å². The predicted octanol–water partition coefficient (Wildman–Crippen LogP) is 1.86. The Morgan fingerprint density at radius 1 is 1.39 bits per heavy atom. The SMILES string of the molecule is CC1CC[C@H](Oc2ccc3c(c2)COC3=O)[C@@H]1N. The van der Waals surface area contributed by atoms with Crippen molar-refractivity contribution in [3.63, 3.8) is 0 Å². The molecule has 3 atom stereocenters. The van der Waals surface area contributed by atoms with E-state index in [0.717, 1.165) is 24.2 Å². The summed E-state index contributed by atoms with van der Waals surface area (Å²) in [5.74, 6) is 1.04. The first-order valence-corrected chi connectivity index (χ1v) is 6.37. The number of ether oxygens (including phenoxy) is 2. The molecule has 0 amide bonds. The average molecular weight is 247 g/mol. The molecule has 0 aromatic heterocycles. The Morgan fingerprint density at radius 3 is 2.94 bits per heavy atom. The molecule has 1 aliphatic carbocycles. The van der Waals surface area contributed by atoms with Crippen LogP contribution in [0.25, 0.3) is 0 Å². The van der Waals surface area contributed by atoms with Crippen LogP contribution in [0.5, 0.6) is 5.75 Å². The zero-order valence-corrected chi connectivity index (χ0v) is 10.4. The Labute approximate surface area is 106 Å². The number of esters is 1. The number of nitrogens with two attached hydrogens (primary N) is 1. The van der Waals surface area contributed by atoms with Crippen molar-refractivity contribution in [2.24, 2.45) is 11.7 Å². The van der Waals surface area contributed by atoms with Gasteiger partial charge in [-0.2, -0.15) is 0 Å². The minimum absolute atomic E-state index is 0.0797. The van der Waals surface area contributed by atoms with Crippen LogP contribution in [0.4, 0.5) is 0 Å². The molecule has 18 heavy (non-hydrogen) atoms. The van der Waals surface area contributed by atoms with Crippen molar-refractivity contribution in [2.45, 2.75) is 38.5 Å². The molecule has 2 N–H and O–H groups in total. The lowest BCUT2D eigenvalue weighted by molar-refractivity contribution is 0.0535. The number of cyclic esters (lactones) is 1. The van der Waals surface area contributed by atoms with E-state index < -0.39 is 0 Å². The van der Waals surface area contributed by atoms with Crippen LogP contribution in [0.1, 0.15) is 35.7 Å². The van der Waals surface area contributed by atoms with E-state index in [1.165, 1.54) is 0 Å². The molecule has 1 heterocycles. The first-order chi connectivity index (χ1) is 8.65.